The highest BCUT2D eigenvalue weighted by atomic mass is 32.2. The van der Waals surface area contributed by atoms with E-state index in [-0.39, 0.29) is 5.92 Å². The molecule has 0 aliphatic carbocycles. The summed E-state index contributed by atoms with van der Waals surface area (Å²) in [6.45, 7) is 2.04. The molecule has 1 rings (SSSR count). The molecular formula is C13H20O3S. The number of ether oxygens (including phenoxy) is 2. The summed E-state index contributed by atoms with van der Waals surface area (Å²) in [6, 6.07) is 5.53. The fourth-order valence-corrected chi connectivity index (χ4v) is 2.43. The number of hydrogen-bond donors (Lipinski definition) is 1. The van der Waals surface area contributed by atoms with Gasteiger partial charge in [0.15, 0.2) is 11.5 Å². The van der Waals surface area contributed by atoms with Gasteiger partial charge in [-0.3, -0.25) is 0 Å². The Morgan fingerprint density at radius 2 is 1.88 bits per heavy atom. The molecule has 0 bridgehead atoms. The quantitative estimate of drug-likeness (QED) is 0.849. The number of hydrogen-bond acceptors (Lipinski definition) is 4. The van der Waals surface area contributed by atoms with Crippen molar-refractivity contribution in [3.05, 3.63) is 23.8 Å². The summed E-state index contributed by atoms with van der Waals surface area (Å²) in [5, 5.41) is 10.2. The minimum absolute atomic E-state index is 0.211. The lowest BCUT2D eigenvalue weighted by atomic mass is 9.98. The zero-order valence-corrected chi connectivity index (χ0v) is 11.6. The summed E-state index contributed by atoms with van der Waals surface area (Å²) in [4.78, 5) is 0. The van der Waals surface area contributed by atoms with Crippen molar-refractivity contribution in [3.63, 3.8) is 0 Å². The molecule has 0 spiro atoms. The molecule has 0 aliphatic rings. The van der Waals surface area contributed by atoms with Crippen molar-refractivity contribution in [1.82, 2.24) is 0 Å². The molecule has 0 saturated heterocycles. The summed E-state index contributed by atoms with van der Waals surface area (Å²) < 4.78 is 10.4. The van der Waals surface area contributed by atoms with Crippen molar-refractivity contribution in [3.8, 4) is 11.5 Å². The average Bonchev–Trinajstić information content (AvgIpc) is 2.37. The maximum absolute atomic E-state index is 10.2. The summed E-state index contributed by atoms with van der Waals surface area (Å²) >= 11 is 1.73. The number of methoxy groups -OCH3 is 2. The van der Waals surface area contributed by atoms with Crippen molar-refractivity contribution >= 4 is 11.8 Å². The van der Waals surface area contributed by atoms with E-state index in [4.69, 9.17) is 9.47 Å². The van der Waals surface area contributed by atoms with Gasteiger partial charge in [-0.25, -0.2) is 0 Å². The molecule has 4 heteroatoms. The van der Waals surface area contributed by atoms with Gasteiger partial charge in [-0.2, -0.15) is 11.8 Å². The standard InChI is InChI=1S/C13H20O3S/c1-9(8-17-4)13(14)10-5-6-11(15-2)12(7-10)16-3/h5-7,9,13-14H,8H2,1-4H3. The predicted octanol–water partition coefficient (Wildman–Crippen LogP) is 2.74. The molecule has 0 fully saturated rings. The highest BCUT2D eigenvalue weighted by Crippen LogP contribution is 2.32. The van der Waals surface area contributed by atoms with Crippen LogP contribution < -0.4 is 9.47 Å². The summed E-state index contributed by atoms with van der Waals surface area (Å²) in [5.41, 5.74) is 0.865. The second kappa shape index (κ2) is 6.77. The van der Waals surface area contributed by atoms with Crippen LogP contribution in [0.25, 0.3) is 0 Å². The van der Waals surface area contributed by atoms with Crippen LogP contribution in [0, 0.1) is 5.92 Å². The van der Waals surface area contributed by atoms with Crippen LogP contribution in [0.5, 0.6) is 11.5 Å². The van der Waals surface area contributed by atoms with Gasteiger partial charge in [0.2, 0.25) is 0 Å². The fourth-order valence-electron chi connectivity index (χ4n) is 1.72. The minimum Gasteiger partial charge on any atom is -0.493 e. The lowest BCUT2D eigenvalue weighted by molar-refractivity contribution is 0.129. The van der Waals surface area contributed by atoms with E-state index >= 15 is 0 Å². The van der Waals surface area contributed by atoms with Gasteiger partial charge in [-0.05, 0) is 35.6 Å². The van der Waals surface area contributed by atoms with E-state index in [0.717, 1.165) is 11.3 Å². The summed E-state index contributed by atoms with van der Waals surface area (Å²) in [7, 11) is 3.20. The molecule has 1 N–H and O–H groups in total. The lowest BCUT2D eigenvalue weighted by Crippen LogP contribution is -2.11. The van der Waals surface area contributed by atoms with Crippen molar-refractivity contribution < 1.29 is 14.6 Å². The van der Waals surface area contributed by atoms with Crippen LogP contribution in [0.1, 0.15) is 18.6 Å². The first kappa shape index (κ1) is 14.2. The molecular weight excluding hydrogens is 236 g/mol. The molecule has 0 heterocycles. The highest BCUT2D eigenvalue weighted by Gasteiger charge is 2.17. The van der Waals surface area contributed by atoms with E-state index < -0.39 is 6.10 Å². The maximum Gasteiger partial charge on any atom is 0.161 e. The molecule has 0 aliphatic heterocycles. The molecule has 0 amide bonds. The summed E-state index contributed by atoms with van der Waals surface area (Å²) in [5.74, 6) is 2.47. The van der Waals surface area contributed by atoms with Crippen molar-refractivity contribution in [2.75, 3.05) is 26.2 Å². The molecule has 17 heavy (non-hydrogen) atoms. The number of aliphatic hydroxyl groups excluding tert-OH is 1. The Labute approximate surface area is 107 Å². The normalized spacial score (nSPS) is 14.2. The zero-order chi connectivity index (χ0) is 12.8. The Hall–Kier alpha value is -0.870. The molecule has 3 nitrogen and oxygen atoms in total. The Morgan fingerprint density at radius 1 is 1.24 bits per heavy atom. The zero-order valence-electron chi connectivity index (χ0n) is 10.8. The van der Waals surface area contributed by atoms with E-state index in [2.05, 4.69) is 0 Å². The monoisotopic (exact) mass is 256 g/mol. The summed E-state index contributed by atoms with van der Waals surface area (Å²) in [6.07, 6.45) is 1.57. The molecule has 1 aromatic carbocycles. The lowest BCUT2D eigenvalue weighted by Gasteiger charge is -2.19. The molecule has 2 atom stereocenters. The molecule has 1 aromatic rings. The molecule has 0 aromatic heterocycles. The number of aliphatic hydroxyl groups is 1. The first-order valence-corrected chi connectivity index (χ1v) is 6.92. The largest absolute Gasteiger partial charge is 0.493 e. The molecule has 0 radical (unpaired) electrons. The van der Waals surface area contributed by atoms with Crippen molar-refractivity contribution in [1.29, 1.82) is 0 Å². The highest BCUT2D eigenvalue weighted by molar-refractivity contribution is 7.98. The van der Waals surface area contributed by atoms with Crippen molar-refractivity contribution in [2.45, 2.75) is 13.0 Å². The second-order valence-electron chi connectivity index (χ2n) is 3.99. The SMILES string of the molecule is COc1ccc(C(O)C(C)CSC)cc1OC. The van der Waals surface area contributed by atoms with Crippen molar-refractivity contribution in [2.24, 2.45) is 5.92 Å². The third-order valence-electron chi connectivity index (χ3n) is 2.72. The van der Waals surface area contributed by atoms with Crippen LogP contribution in [0.15, 0.2) is 18.2 Å². The topological polar surface area (TPSA) is 38.7 Å². The van der Waals surface area contributed by atoms with Gasteiger partial charge < -0.3 is 14.6 Å². The minimum atomic E-state index is -0.470. The van der Waals surface area contributed by atoms with Gasteiger partial charge in [0, 0.05) is 0 Å². The molecule has 2 unspecified atom stereocenters. The maximum atomic E-state index is 10.2. The van der Waals surface area contributed by atoms with Gasteiger partial charge in [0.1, 0.15) is 0 Å². The third kappa shape index (κ3) is 3.54. The number of benzene rings is 1. The van der Waals surface area contributed by atoms with Crippen LogP contribution in [0.2, 0.25) is 0 Å². The Balaban J connectivity index is 2.91. The third-order valence-corrected chi connectivity index (χ3v) is 3.58. The van der Waals surface area contributed by atoms with Gasteiger partial charge in [0.05, 0.1) is 20.3 Å². The van der Waals surface area contributed by atoms with Crippen LogP contribution in [0.4, 0.5) is 0 Å². The Kier molecular flexibility index (Phi) is 5.65. The number of thioether (sulfide) groups is 1. The number of rotatable bonds is 6. The Bertz CT molecular complexity index is 355. The van der Waals surface area contributed by atoms with E-state index in [1.54, 1.807) is 26.0 Å². The predicted molar refractivity (Wildman–Crippen MR) is 72.1 cm³/mol. The second-order valence-corrected chi connectivity index (χ2v) is 4.90. The Morgan fingerprint density at radius 3 is 2.41 bits per heavy atom. The van der Waals surface area contributed by atoms with Crippen LogP contribution in [-0.4, -0.2) is 31.3 Å². The molecule has 96 valence electrons. The molecule has 0 saturated carbocycles. The van der Waals surface area contributed by atoms with E-state index in [9.17, 15) is 5.11 Å². The van der Waals surface area contributed by atoms with Crippen LogP contribution >= 0.6 is 11.8 Å². The van der Waals surface area contributed by atoms with Crippen LogP contribution in [0.3, 0.4) is 0 Å². The van der Waals surface area contributed by atoms with Gasteiger partial charge in [-0.15, -0.1) is 0 Å². The first-order valence-electron chi connectivity index (χ1n) is 5.53. The first-order chi connectivity index (χ1) is 8.13. The van der Waals surface area contributed by atoms with Gasteiger partial charge in [0.25, 0.3) is 0 Å². The smallest absolute Gasteiger partial charge is 0.161 e. The van der Waals surface area contributed by atoms with Gasteiger partial charge in [-0.1, -0.05) is 13.0 Å². The fraction of sp³-hybridized carbons (Fsp3) is 0.538. The van der Waals surface area contributed by atoms with E-state index in [1.807, 2.05) is 31.4 Å². The van der Waals surface area contributed by atoms with E-state index in [0.29, 0.717) is 11.5 Å². The van der Waals surface area contributed by atoms with E-state index in [1.165, 1.54) is 0 Å². The van der Waals surface area contributed by atoms with Crippen LogP contribution in [-0.2, 0) is 0 Å². The van der Waals surface area contributed by atoms with Gasteiger partial charge >= 0.3 is 0 Å². The average molecular weight is 256 g/mol.